The van der Waals surface area contributed by atoms with Crippen LogP contribution in [0.25, 0.3) is 0 Å². The summed E-state index contributed by atoms with van der Waals surface area (Å²) in [6.45, 7) is 7.73. The first-order valence-corrected chi connectivity index (χ1v) is 18.9. The van der Waals surface area contributed by atoms with E-state index in [4.69, 9.17) is 9.47 Å². The number of unbranched alkanes of at least 4 members (excludes halogenated alkanes) is 5. The second-order valence-corrected chi connectivity index (χ2v) is 14.0. The molecule has 0 fully saturated rings. The van der Waals surface area contributed by atoms with Crippen molar-refractivity contribution in [3.05, 3.63) is 141 Å². The fourth-order valence-electron chi connectivity index (χ4n) is 6.62. The van der Waals surface area contributed by atoms with Crippen LogP contribution in [0.1, 0.15) is 83.3 Å². The van der Waals surface area contributed by atoms with Gasteiger partial charge in [-0.05, 0) is 91.1 Å². The highest BCUT2D eigenvalue weighted by Gasteiger charge is 2.39. The van der Waals surface area contributed by atoms with Crippen molar-refractivity contribution in [1.29, 1.82) is 0 Å². The number of allylic oxidation sites excluding steroid dienone is 7. The van der Waals surface area contributed by atoms with Crippen molar-refractivity contribution in [2.75, 3.05) is 24.7 Å². The average Bonchev–Trinajstić information content (AvgIpc) is 3.39. The van der Waals surface area contributed by atoms with Crippen LogP contribution in [0.5, 0.6) is 5.75 Å². The Labute approximate surface area is 318 Å². The van der Waals surface area contributed by atoms with E-state index in [0.717, 1.165) is 59.1 Å². The highest BCUT2D eigenvalue weighted by Crippen LogP contribution is 2.47. The quantitative estimate of drug-likeness (QED) is 0.0300. The molecule has 1 heterocycles. The highest BCUT2D eigenvalue weighted by atomic mass is 16.6. The van der Waals surface area contributed by atoms with Crippen LogP contribution in [0.3, 0.4) is 0 Å². The van der Waals surface area contributed by atoms with Gasteiger partial charge in [0.15, 0.2) is 5.78 Å². The smallest absolute Gasteiger partial charge is 0.305 e. The second kappa shape index (κ2) is 19.4. The number of esters is 1. The molecule has 0 atom stereocenters. The molecule has 5 rings (SSSR count). The zero-order valence-electron chi connectivity index (χ0n) is 31.5. The number of hydrogen-bond donors (Lipinski definition) is 0. The van der Waals surface area contributed by atoms with Crippen molar-refractivity contribution in [2.45, 2.75) is 84.0 Å². The molecule has 3 aromatic rings. The van der Waals surface area contributed by atoms with Crippen LogP contribution >= 0.6 is 0 Å². The molecule has 0 unspecified atom stereocenters. The molecule has 0 saturated carbocycles. The molecule has 1 aliphatic heterocycles. The lowest BCUT2D eigenvalue weighted by molar-refractivity contribution is -0.419. The molecule has 0 bridgehead atoms. The predicted octanol–water partition coefficient (Wildman–Crippen LogP) is 10.6. The largest absolute Gasteiger partial charge is 0.494 e. The highest BCUT2D eigenvalue weighted by molar-refractivity contribution is 6.07. The van der Waals surface area contributed by atoms with Crippen molar-refractivity contribution in [1.82, 2.24) is 0 Å². The summed E-state index contributed by atoms with van der Waals surface area (Å²) < 4.78 is 11.5. The van der Waals surface area contributed by atoms with Gasteiger partial charge in [-0.3, -0.25) is 19.7 Å². The lowest BCUT2D eigenvalue weighted by atomic mass is 9.83. The summed E-state index contributed by atoms with van der Waals surface area (Å²) in [4.78, 5) is 38.0. The number of rotatable bonds is 19. The molecule has 1 aliphatic carbocycles. The number of fused-ring (bicyclic) bond motifs is 1. The van der Waals surface area contributed by atoms with Crippen LogP contribution in [0.15, 0.2) is 130 Å². The van der Waals surface area contributed by atoms with Crippen molar-refractivity contribution in [2.24, 2.45) is 10.2 Å². The van der Waals surface area contributed by atoms with Gasteiger partial charge in [0.2, 0.25) is 0 Å². The third-order valence-electron chi connectivity index (χ3n) is 9.67. The first-order chi connectivity index (χ1) is 26.2. The van der Waals surface area contributed by atoms with Crippen molar-refractivity contribution in [3.8, 4) is 5.75 Å². The Kier molecular flexibility index (Phi) is 14.2. The zero-order valence-corrected chi connectivity index (χ0v) is 31.5. The van der Waals surface area contributed by atoms with Gasteiger partial charge >= 0.3 is 5.97 Å². The lowest BCUT2D eigenvalue weighted by Crippen LogP contribution is -2.29. The lowest BCUT2D eigenvalue weighted by Gasteiger charge is -2.27. The van der Waals surface area contributed by atoms with Gasteiger partial charge < -0.3 is 14.4 Å². The first-order valence-electron chi connectivity index (χ1n) is 18.9. The van der Waals surface area contributed by atoms with E-state index in [1.54, 1.807) is 6.08 Å². The number of para-hydroxylation sites is 1. The van der Waals surface area contributed by atoms with Gasteiger partial charge in [-0.25, -0.2) is 0 Å². The number of ether oxygens (including phenoxy) is 2. The van der Waals surface area contributed by atoms with Crippen LogP contribution in [0, 0.1) is 10.1 Å². The van der Waals surface area contributed by atoms with Crippen LogP contribution in [0.2, 0.25) is 0 Å². The number of benzene rings is 3. The van der Waals surface area contributed by atoms with Crippen LogP contribution in [0.4, 0.5) is 17.1 Å². The SMILES string of the molecule is CCCCCCCCOc1ccc(N=Nc2ccc(CCCC(=O)OCCN3/C(=C\C=C4\C=C([N+](=O)[O-])C=CC4=O)C(C)(C)c4ccccc43)cc2)cc1. The van der Waals surface area contributed by atoms with Crippen molar-refractivity contribution < 1.29 is 24.0 Å². The maximum Gasteiger partial charge on any atom is 0.305 e. The Hall–Kier alpha value is -5.64. The summed E-state index contributed by atoms with van der Waals surface area (Å²) in [5.41, 5.74) is 5.27. The average molecular weight is 731 g/mol. The molecule has 54 heavy (non-hydrogen) atoms. The van der Waals surface area contributed by atoms with E-state index >= 15 is 0 Å². The van der Waals surface area contributed by atoms with E-state index in [9.17, 15) is 19.7 Å². The minimum atomic E-state index is -0.515. The van der Waals surface area contributed by atoms with E-state index in [-0.39, 0.29) is 36.1 Å². The maximum atomic E-state index is 12.7. The van der Waals surface area contributed by atoms with Crippen molar-refractivity contribution in [3.63, 3.8) is 0 Å². The Bertz CT molecular complexity index is 1920. The third-order valence-corrected chi connectivity index (χ3v) is 9.67. The Morgan fingerprint density at radius 3 is 2.26 bits per heavy atom. The van der Waals surface area contributed by atoms with Crippen molar-refractivity contribution >= 4 is 28.8 Å². The number of carbonyl (C=O) groups is 2. The standard InChI is InChI=1S/C44H50N4O6/c1-4-5-6-7-8-11-30-53-38-25-22-36(23-26-38)46-45-35-20-17-33(18-21-35)13-12-16-43(50)54-31-29-47-40-15-10-9-14-39(40)44(2,3)42(47)28-19-34-32-37(48(51)52)24-27-41(34)49/h9-10,14-15,17-28,32H,4-8,11-13,16,29-31H2,1-3H3/b34-19-,42-28-,46-45?. The fourth-order valence-corrected chi connectivity index (χ4v) is 6.62. The van der Waals surface area contributed by atoms with Crippen LogP contribution < -0.4 is 9.64 Å². The predicted molar refractivity (Wildman–Crippen MR) is 212 cm³/mol. The summed E-state index contributed by atoms with van der Waals surface area (Å²) >= 11 is 0. The van der Waals surface area contributed by atoms with Gasteiger partial charge in [-0.2, -0.15) is 10.2 Å². The van der Waals surface area contributed by atoms with Gasteiger partial charge in [-0.1, -0.05) is 83.2 Å². The minimum Gasteiger partial charge on any atom is -0.494 e. The topological polar surface area (TPSA) is 124 Å². The molecule has 0 spiro atoms. The maximum absolute atomic E-state index is 12.7. The summed E-state index contributed by atoms with van der Waals surface area (Å²) in [5, 5.41) is 20.0. The molecular weight excluding hydrogens is 681 g/mol. The summed E-state index contributed by atoms with van der Waals surface area (Å²) in [5.74, 6) is 0.278. The van der Waals surface area contributed by atoms with Gasteiger partial charge in [0.1, 0.15) is 12.4 Å². The van der Waals surface area contributed by atoms with Crippen LogP contribution in [-0.2, 0) is 26.2 Å². The molecule has 0 aromatic heterocycles. The molecule has 10 nitrogen and oxygen atoms in total. The molecular formula is C44H50N4O6. The van der Waals surface area contributed by atoms with E-state index in [1.807, 2.05) is 72.8 Å². The summed E-state index contributed by atoms with van der Waals surface area (Å²) in [6, 6.07) is 23.5. The van der Waals surface area contributed by atoms with Gasteiger partial charge in [0.25, 0.3) is 5.70 Å². The van der Waals surface area contributed by atoms with Gasteiger partial charge in [-0.15, -0.1) is 0 Å². The number of nitro groups is 1. The number of nitrogens with zero attached hydrogens (tertiary/aromatic N) is 4. The molecule has 0 N–H and O–H groups in total. The van der Waals surface area contributed by atoms with E-state index < -0.39 is 10.3 Å². The molecule has 0 saturated heterocycles. The Morgan fingerprint density at radius 1 is 0.852 bits per heavy atom. The number of azo groups is 1. The number of ketones is 1. The summed E-state index contributed by atoms with van der Waals surface area (Å²) in [7, 11) is 0. The molecule has 0 amide bonds. The molecule has 10 heteroatoms. The van der Waals surface area contributed by atoms with E-state index in [0.29, 0.717) is 13.0 Å². The molecule has 282 valence electrons. The zero-order chi connectivity index (χ0) is 38.3. The fraction of sp³-hybridized carbons (Fsp3) is 0.364. The molecule has 2 aliphatic rings. The second-order valence-electron chi connectivity index (χ2n) is 14.0. The molecule has 0 radical (unpaired) electrons. The first kappa shape index (κ1) is 39.6. The monoisotopic (exact) mass is 730 g/mol. The normalized spacial score (nSPS) is 16.2. The number of hydrogen-bond acceptors (Lipinski definition) is 9. The van der Waals surface area contributed by atoms with E-state index in [1.165, 1.54) is 50.3 Å². The Morgan fingerprint density at radius 2 is 1.54 bits per heavy atom. The number of carbonyl (C=O) groups excluding carboxylic acids is 2. The minimum absolute atomic E-state index is 0.141. The van der Waals surface area contributed by atoms with Crippen LogP contribution in [-0.4, -0.2) is 36.4 Å². The molecule has 3 aromatic carbocycles. The van der Waals surface area contributed by atoms with Gasteiger partial charge in [0, 0.05) is 40.9 Å². The number of aryl methyl sites for hydroxylation is 1. The summed E-state index contributed by atoms with van der Waals surface area (Å²) in [6.07, 6.45) is 16.2. The number of anilines is 1. The third kappa shape index (κ3) is 10.9. The Balaban J connectivity index is 1.07. The van der Waals surface area contributed by atoms with Gasteiger partial charge in [0.05, 0.1) is 29.4 Å². The van der Waals surface area contributed by atoms with E-state index in [2.05, 4.69) is 42.0 Å².